The van der Waals surface area contributed by atoms with Gasteiger partial charge in [0.1, 0.15) is 5.75 Å². The van der Waals surface area contributed by atoms with Crippen molar-refractivity contribution in [1.82, 2.24) is 0 Å². The third kappa shape index (κ3) is 2.68. The molecule has 1 N–H and O–H groups in total. The van der Waals surface area contributed by atoms with Crippen LogP contribution in [0.15, 0.2) is 18.2 Å². The van der Waals surface area contributed by atoms with Crippen molar-refractivity contribution in [2.75, 3.05) is 26.9 Å². The van der Waals surface area contributed by atoms with Crippen LogP contribution < -0.4 is 4.74 Å². The Morgan fingerprint density at radius 2 is 2.17 bits per heavy atom. The van der Waals surface area contributed by atoms with Crippen LogP contribution in [0.1, 0.15) is 30.4 Å². The van der Waals surface area contributed by atoms with Gasteiger partial charge in [0.25, 0.3) is 0 Å². The normalized spacial score (nSPS) is 19.1. The number of aliphatic hydroxyl groups excluding tert-OH is 1. The highest BCUT2D eigenvalue weighted by Crippen LogP contribution is 2.40. The summed E-state index contributed by atoms with van der Waals surface area (Å²) in [5.41, 5.74) is 2.50. The molecular weight excluding hydrogens is 228 g/mol. The molecule has 1 aliphatic heterocycles. The van der Waals surface area contributed by atoms with Gasteiger partial charge in [0.2, 0.25) is 0 Å². The zero-order valence-electron chi connectivity index (χ0n) is 11.4. The lowest BCUT2D eigenvalue weighted by Gasteiger charge is -2.40. The van der Waals surface area contributed by atoms with Crippen LogP contribution in [0.4, 0.5) is 0 Å². The number of hydrogen-bond donors (Lipinski definition) is 1. The van der Waals surface area contributed by atoms with Crippen molar-refractivity contribution in [2.45, 2.75) is 26.2 Å². The summed E-state index contributed by atoms with van der Waals surface area (Å²) in [5, 5.41) is 9.68. The molecule has 1 unspecified atom stereocenters. The first-order valence-electron chi connectivity index (χ1n) is 6.41. The summed E-state index contributed by atoms with van der Waals surface area (Å²) in [6, 6.07) is 6.13. The van der Waals surface area contributed by atoms with Gasteiger partial charge in [-0.05, 0) is 25.0 Å². The topological polar surface area (TPSA) is 38.7 Å². The van der Waals surface area contributed by atoms with Gasteiger partial charge in [-0.2, -0.15) is 0 Å². The first-order chi connectivity index (χ1) is 8.58. The maximum atomic E-state index is 9.68. The van der Waals surface area contributed by atoms with Crippen LogP contribution in [-0.2, 0) is 4.74 Å². The van der Waals surface area contributed by atoms with E-state index in [9.17, 15) is 5.11 Å². The highest BCUT2D eigenvalue weighted by Gasteiger charge is 2.36. The van der Waals surface area contributed by atoms with E-state index in [1.165, 1.54) is 5.56 Å². The zero-order valence-corrected chi connectivity index (χ0v) is 11.4. The Hall–Kier alpha value is -1.06. The molecule has 0 radical (unpaired) electrons. The Balaban J connectivity index is 2.23. The number of aliphatic hydroxyl groups is 1. The number of aryl methyl sites for hydroxylation is 1. The summed E-state index contributed by atoms with van der Waals surface area (Å²) < 4.78 is 10.7. The molecule has 0 aliphatic carbocycles. The second-order valence-electron chi connectivity index (χ2n) is 5.63. The highest BCUT2D eigenvalue weighted by atomic mass is 16.5. The predicted molar refractivity (Wildman–Crippen MR) is 71.1 cm³/mol. The van der Waals surface area contributed by atoms with E-state index in [4.69, 9.17) is 9.47 Å². The fraction of sp³-hybridized carbons (Fsp3) is 0.600. The molecular formula is C15H22O3. The second-order valence-corrected chi connectivity index (χ2v) is 5.63. The average molecular weight is 250 g/mol. The summed E-state index contributed by atoms with van der Waals surface area (Å²) in [4.78, 5) is 0. The quantitative estimate of drug-likeness (QED) is 0.872. The zero-order chi connectivity index (χ0) is 13.2. The third-order valence-electron chi connectivity index (χ3n) is 3.69. The van der Waals surface area contributed by atoms with Crippen molar-refractivity contribution in [2.24, 2.45) is 5.41 Å². The molecule has 18 heavy (non-hydrogen) atoms. The van der Waals surface area contributed by atoms with Gasteiger partial charge in [-0.25, -0.2) is 0 Å². The summed E-state index contributed by atoms with van der Waals surface area (Å²) in [6.45, 7) is 6.00. The molecule has 1 fully saturated rings. The highest BCUT2D eigenvalue weighted by molar-refractivity contribution is 5.39. The van der Waals surface area contributed by atoms with Gasteiger partial charge >= 0.3 is 0 Å². The lowest BCUT2D eigenvalue weighted by atomic mass is 9.77. The minimum atomic E-state index is 0.119. The number of rotatable bonds is 5. The van der Waals surface area contributed by atoms with Crippen LogP contribution in [-0.4, -0.2) is 32.0 Å². The van der Waals surface area contributed by atoms with Crippen LogP contribution >= 0.6 is 0 Å². The summed E-state index contributed by atoms with van der Waals surface area (Å²) in [6.07, 6.45) is 0.934. The summed E-state index contributed by atoms with van der Waals surface area (Å²) >= 11 is 0. The molecule has 0 bridgehead atoms. The van der Waals surface area contributed by atoms with E-state index in [0.29, 0.717) is 0 Å². The van der Waals surface area contributed by atoms with E-state index in [1.807, 2.05) is 12.1 Å². The lowest BCUT2D eigenvalue weighted by Crippen LogP contribution is -2.41. The fourth-order valence-corrected chi connectivity index (χ4v) is 2.61. The van der Waals surface area contributed by atoms with Crippen LogP contribution in [0.3, 0.4) is 0 Å². The van der Waals surface area contributed by atoms with Gasteiger partial charge in [0, 0.05) is 11.3 Å². The van der Waals surface area contributed by atoms with E-state index in [-0.39, 0.29) is 17.9 Å². The largest absolute Gasteiger partial charge is 0.496 e. The molecule has 100 valence electrons. The molecule has 0 spiro atoms. The van der Waals surface area contributed by atoms with Gasteiger partial charge in [0.15, 0.2) is 0 Å². The van der Waals surface area contributed by atoms with E-state index >= 15 is 0 Å². The third-order valence-corrected chi connectivity index (χ3v) is 3.69. The predicted octanol–water partition coefficient (Wildman–Crippen LogP) is 2.51. The molecule has 1 aromatic carbocycles. The smallest absolute Gasteiger partial charge is 0.122 e. The van der Waals surface area contributed by atoms with Crippen molar-refractivity contribution in [1.29, 1.82) is 0 Å². The van der Waals surface area contributed by atoms with Gasteiger partial charge in [-0.1, -0.05) is 24.6 Å². The van der Waals surface area contributed by atoms with Crippen LogP contribution in [0.25, 0.3) is 0 Å². The SMILES string of the molecule is COc1ccc(C)cc1C(CO)CC1(C)COC1. The molecule has 0 amide bonds. The molecule has 1 saturated heterocycles. The van der Waals surface area contributed by atoms with E-state index in [1.54, 1.807) is 7.11 Å². The standard InChI is InChI=1S/C15H22O3/c1-11-4-5-14(17-3)13(6-11)12(8-16)7-15(2)9-18-10-15/h4-6,12,16H,7-10H2,1-3H3. The Kier molecular flexibility index (Phi) is 3.93. The van der Waals surface area contributed by atoms with Crippen molar-refractivity contribution in [3.8, 4) is 5.75 Å². The molecule has 3 heteroatoms. The van der Waals surface area contributed by atoms with Crippen LogP contribution in [0.2, 0.25) is 0 Å². The number of methoxy groups -OCH3 is 1. The Morgan fingerprint density at radius 1 is 1.44 bits per heavy atom. The molecule has 0 saturated carbocycles. The molecule has 3 nitrogen and oxygen atoms in total. The maximum absolute atomic E-state index is 9.68. The van der Waals surface area contributed by atoms with Gasteiger partial charge in [0.05, 0.1) is 26.9 Å². The Labute approximate surface area is 109 Å². The molecule has 1 aliphatic rings. The molecule has 1 atom stereocenters. The molecule has 1 aromatic rings. The Bertz CT molecular complexity index is 410. The first-order valence-corrected chi connectivity index (χ1v) is 6.41. The number of hydrogen-bond acceptors (Lipinski definition) is 3. The van der Waals surface area contributed by atoms with Crippen LogP contribution in [0, 0.1) is 12.3 Å². The number of benzene rings is 1. The van der Waals surface area contributed by atoms with Gasteiger partial charge in [-0.3, -0.25) is 0 Å². The van der Waals surface area contributed by atoms with Crippen molar-refractivity contribution < 1.29 is 14.6 Å². The van der Waals surface area contributed by atoms with Crippen molar-refractivity contribution >= 4 is 0 Å². The first kappa shape index (κ1) is 13.4. The van der Waals surface area contributed by atoms with E-state index < -0.39 is 0 Å². The Morgan fingerprint density at radius 3 is 2.67 bits per heavy atom. The minimum absolute atomic E-state index is 0.119. The second kappa shape index (κ2) is 5.29. The van der Waals surface area contributed by atoms with Crippen molar-refractivity contribution in [3.63, 3.8) is 0 Å². The average Bonchev–Trinajstić information content (AvgIpc) is 2.33. The monoisotopic (exact) mass is 250 g/mol. The van der Waals surface area contributed by atoms with E-state index in [0.717, 1.165) is 30.9 Å². The lowest BCUT2D eigenvalue weighted by molar-refractivity contribution is -0.110. The molecule has 2 rings (SSSR count). The van der Waals surface area contributed by atoms with E-state index in [2.05, 4.69) is 19.9 Å². The summed E-state index contributed by atoms with van der Waals surface area (Å²) in [5.74, 6) is 0.984. The summed E-state index contributed by atoms with van der Waals surface area (Å²) in [7, 11) is 1.68. The van der Waals surface area contributed by atoms with Gasteiger partial charge in [-0.15, -0.1) is 0 Å². The van der Waals surface area contributed by atoms with Crippen LogP contribution in [0.5, 0.6) is 5.75 Å². The molecule has 0 aromatic heterocycles. The number of ether oxygens (including phenoxy) is 2. The fourth-order valence-electron chi connectivity index (χ4n) is 2.61. The minimum Gasteiger partial charge on any atom is -0.496 e. The van der Waals surface area contributed by atoms with Gasteiger partial charge < -0.3 is 14.6 Å². The maximum Gasteiger partial charge on any atom is 0.122 e. The molecule has 1 heterocycles. The van der Waals surface area contributed by atoms with Crippen molar-refractivity contribution in [3.05, 3.63) is 29.3 Å².